The fraction of sp³-hybridized carbons (Fsp3) is 0.250. The van der Waals surface area contributed by atoms with Crippen LogP contribution in [0.1, 0.15) is 20.8 Å². The number of rotatable bonds is 0. The molecule has 2 aromatic rings. The van der Waals surface area contributed by atoms with E-state index in [0.29, 0.717) is 0 Å². The zero-order chi connectivity index (χ0) is 12.8. The molecule has 1 heterocycles. The van der Waals surface area contributed by atoms with Crippen molar-refractivity contribution in [3.63, 3.8) is 0 Å². The summed E-state index contributed by atoms with van der Waals surface area (Å²) in [6.45, 7) is 6.78. The molecule has 0 fully saturated rings. The Morgan fingerprint density at radius 1 is 0.778 bits per heavy atom. The molecule has 2 aromatic carbocycles. The van der Waals surface area contributed by atoms with Gasteiger partial charge in [0.1, 0.15) is 0 Å². The summed E-state index contributed by atoms with van der Waals surface area (Å²) in [4.78, 5) is 5.12. The van der Waals surface area contributed by atoms with Crippen LogP contribution in [0.5, 0.6) is 0 Å². The van der Waals surface area contributed by atoms with Crippen molar-refractivity contribution < 1.29 is 0 Å². The van der Waals surface area contributed by atoms with Crippen LogP contribution >= 0.6 is 11.8 Å². The second kappa shape index (κ2) is 4.06. The highest BCUT2D eigenvalue weighted by atomic mass is 32.2. The van der Waals surface area contributed by atoms with Gasteiger partial charge in [0.05, 0.1) is 11.4 Å². The van der Waals surface area contributed by atoms with Crippen LogP contribution in [0, 0.1) is 0 Å². The van der Waals surface area contributed by atoms with Crippen molar-refractivity contribution in [2.45, 2.75) is 36.1 Å². The normalized spacial score (nSPS) is 14.1. The van der Waals surface area contributed by atoms with E-state index in [-0.39, 0.29) is 5.54 Å². The van der Waals surface area contributed by atoms with Gasteiger partial charge in [0.25, 0.3) is 0 Å². The molecule has 0 spiro atoms. The lowest BCUT2D eigenvalue weighted by atomic mass is 10.0. The van der Waals surface area contributed by atoms with E-state index in [0.717, 1.165) is 0 Å². The topological polar surface area (TPSA) is 3.24 Å². The Hall–Kier alpha value is -1.41. The van der Waals surface area contributed by atoms with Crippen molar-refractivity contribution in [2.24, 2.45) is 0 Å². The summed E-state index contributed by atoms with van der Waals surface area (Å²) >= 11 is 1.86. The van der Waals surface area contributed by atoms with Crippen LogP contribution in [0.15, 0.2) is 58.3 Å². The minimum absolute atomic E-state index is 0.0766. The predicted octanol–water partition coefficient (Wildman–Crippen LogP) is 5.09. The third kappa shape index (κ3) is 1.81. The third-order valence-corrected chi connectivity index (χ3v) is 4.23. The number of para-hydroxylation sites is 2. The molecule has 0 saturated heterocycles. The monoisotopic (exact) mass is 255 g/mol. The van der Waals surface area contributed by atoms with Gasteiger partial charge in [-0.1, -0.05) is 36.0 Å². The van der Waals surface area contributed by atoms with Crippen LogP contribution in [0.3, 0.4) is 0 Å². The van der Waals surface area contributed by atoms with Crippen LogP contribution in [0.4, 0.5) is 11.4 Å². The van der Waals surface area contributed by atoms with Crippen LogP contribution in [-0.2, 0) is 0 Å². The summed E-state index contributed by atoms with van der Waals surface area (Å²) in [6.07, 6.45) is 0. The Morgan fingerprint density at radius 2 is 1.22 bits per heavy atom. The molecular formula is C16H17NS. The second-order valence-corrected chi connectivity index (χ2v) is 6.63. The van der Waals surface area contributed by atoms with Gasteiger partial charge in [-0.2, -0.15) is 0 Å². The van der Waals surface area contributed by atoms with Crippen molar-refractivity contribution in [2.75, 3.05) is 4.90 Å². The third-order valence-electron chi connectivity index (χ3n) is 3.10. The van der Waals surface area contributed by atoms with Gasteiger partial charge in [-0.05, 0) is 45.0 Å². The minimum Gasteiger partial charge on any atom is -0.334 e. The van der Waals surface area contributed by atoms with Gasteiger partial charge < -0.3 is 4.90 Å². The second-order valence-electron chi connectivity index (χ2n) is 5.54. The molecule has 0 unspecified atom stereocenters. The molecule has 2 heteroatoms. The van der Waals surface area contributed by atoms with Gasteiger partial charge in [-0.15, -0.1) is 0 Å². The molecule has 1 aliphatic rings. The van der Waals surface area contributed by atoms with Crippen LogP contribution in [0.25, 0.3) is 0 Å². The lowest BCUT2D eigenvalue weighted by Crippen LogP contribution is -2.39. The van der Waals surface area contributed by atoms with E-state index in [9.17, 15) is 0 Å². The summed E-state index contributed by atoms with van der Waals surface area (Å²) in [5.74, 6) is 0. The maximum absolute atomic E-state index is 2.44. The zero-order valence-electron chi connectivity index (χ0n) is 11.0. The molecule has 1 aliphatic heterocycles. The molecule has 0 atom stereocenters. The van der Waals surface area contributed by atoms with E-state index in [1.165, 1.54) is 21.2 Å². The average molecular weight is 255 g/mol. The summed E-state index contributed by atoms with van der Waals surface area (Å²) in [5, 5.41) is 0. The van der Waals surface area contributed by atoms with Gasteiger partial charge in [0, 0.05) is 15.3 Å². The Bertz CT molecular complexity index is 538. The van der Waals surface area contributed by atoms with E-state index in [2.05, 4.69) is 74.2 Å². The van der Waals surface area contributed by atoms with E-state index >= 15 is 0 Å². The predicted molar refractivity (Wildman–Crippen MR) is 78.9 cm³/mol. The maximum Gasteiger partial charge on any atom is 0.0557 e. The van der Waals surface area contributed by atoms with E-state index in [4.69, 9.17) is 0 Å². The largest absolute Gasteiger partial charge is 0.334 e. The van der Waals surface area contributed by atoms with Gasteiger partial charge in [-0.3, -0.25) is 0 Å². The molecule has 18 heavy (non-hydrogen) atoms. The van der Waals surface area contributed by atoms with Crippen molar-refractivity contribution in [1.82, 2.24) is 0 Å². The molecular weight excluding hydrogens is 238 g/mol. The number of hydrogen-bond acceptors (Lipinski definition) is 2. The van der Waals surface area contributed by atoms with Crippen LogP contribution in [0.2, 0.25) is 0 Å². The molecule has 0 bridgehead atoms. The maximum atomic E-state index is 2.44. The summed E-state index contributed by atoms with van der Waals surface area (Å²) in [5.41, 5.74) is 2.70. The van der Waals surface area contributed by atoms with Crippen molar-refractivity contribution >= 4 is 23.1 Å². The molecule has 0 amide bonds. The molecule has 0 radical (unpaired) electrons. The first kappa shape index (κ1) is 11.7. The smallest absolute Gasteiger partial charge is 0.0557 e. The van der Waals surface area contributed by atoms with Crippen LogP contribution < -0.4 is 4.90 Å². The number of fused-ring (bicyclic) bond motifs is 2. The SMILES string of the molecule is CC(C)(C)N1c2ccccc2Sc2ccccc21. The minimum atomic E-state index is 0.0766. The molecule has 1 nitrogen and oxygen atoms in total. The van der Waals surface area contributed by atoms with Crippen molar-refractivity contribution in [3.8, 4) is 0 Å². The molecule has 0 N–H and O–H groups in total. The molecule has 3 rings (SSSR count). The van der Waals surface area contributed by atoms with Crippen molar-refractivity contribution in [3.05, 3.63) is 48.5 Å². The Labute approximate surface area is 113 Å². The quantitative estimate of drug-likeness (QED) is 0.645. The Morgan fingerprint density at radius 3 is 1.67 bits per heavy atom. The van der Waals surface area contributed by atoms with E-state index in [1.54, 1.807) is 0 Å². The fourth-order valence-corrected chi connectivity index (χ4v) is 3.49. The van der Waals surface area contributed by atoms with Gasteiger partial charge in [-0.25, -0.2) is 0 Å². The Balaban J connectivity index is 2.24. The van der Waals surface area contributed by atoms with Crippen molar-refractivity contribution in [1.29, 1.82) is 0 Å². The lowest BCUT2D eigenvalue weighted by molar-refractivity contribution is 0.553. The number of benzene rings is 2. The first-order valence-corrected chi connectivity index (χ1v) is 7.05. The Kier molecular flexibility index (Phi) is 2.63. The highest BCUT2D eigenvalue weighted by Gasteiger charge is 2.30. The lowest BCUT2D eigenvalue weighted by Gasteiger charge is -2.42. The first-order chi connectivity index (χ1) is 8.57. The summed E-state index contributed by atoms with van der Waals surface area (Å²) in [6, 6.07) is 17.3. The summed E-state index contributed by atoms with van der Waals surface area (Å²) in [7, 11) is 0. The van der Waals surface area contributed by atoms with E-state index in [1.807, 2.05) is 11.8 Å². The average Bonchev–Trinajstić information content (AvgIpc) is 2.34. The van der Waals surface area contributed by atoms with E-state index < -0.39 is 0 Å². The molecule has 0 aromatic heterocycles. The first-order valence-electron chi connectivity index (χ1n) is 6.23. The standard InChI is InChI=1S/C16H17NS/c1-16(2,3)17-12-8-4-6-10-14(12)18-15-11-7-5-9-13(15)17/h4-11H,1-3H3. The van der Waals surface area contributed by atoms with Gasteiger partial charge in [0.15, 0.2) is 0 Å². The van der Waals surface area contributed by atoms with Gasteiger partial charge >= 0.3 is 0 Å². The summed E-state index contributed by atoms with van der Waals surface area (Å²) < 4.78 is 0. The van der Waals surface area contributed by atoms with Gasteiger partial charge in [0.2, 0.25) is 0 Å². The fourth-order valence-electron chi connectivity index (χ4n) is 2.43. The number of hydrogen-bond donors (Lipinski definition) is 0. The zero-order valence-corrected chi connectivity index (χ0v) is 11.8. The molecule has 92 valence electrons. The molecule has 0 saturated carbocycles. The number of anilines is 2. The van der Waals surface area contributed by atoms with Crippen LogP contribution in [-0.4, -0.2) is 5.54 Å². The highest BCUT2D eigenvalue weighted by Crippen LogP contribution is 2.50. The highest BCUT2D eigenvalue weighted by molar-refractivity contribution is 7.99. The number of nitrogens with zero attached hydrogens (tertiary/aromatic N) is 1. The molecule has 0 aliphatic carbocycles.